The van der Waals surface area contributed by atoms with E-state index in [1.165, 1.54) is 18.3 Å². The summed E-state index contributed by atoms with van der Waals surface area (Å²) in [4.78, 5) is 19.6. The second kappa shape index (κ2) is 7.95. The van der Waals surface area contributed by atoms with Gasteiger partial charge in [-0.2, -0.15) is 0 Å². The fourth-order valence-electron chi connectivity index (χ4n) is 3.54. The maximum Gasteiger partial charge on any atom is 0.403 e. The Labute approximate surface area is 192 Å². The predicted octanol–water partition coefficient (Wildman–Crippen LogP) is 1.76. The molecular formula is C22H19N2O9P. The number of hydrogen-bond acceptors (Lipinski definition) is 10. The molecule has 1 atom stereocenters. The lowest BCUT2D eigenvalue weighted by atomic mass is 10.0. The van der Waals surface area contributed by atoms with E-state index in [-0.39, 0.29) is 24.4 Å². The number of aliphatic hydroxyl groups excluding tert-OH is 1. The molecule has 1 aromatic heterocycles. The van der Waals surface area contributed by atoms with E-state index in [2.05, 4.69) is 9.97 Å². The molecule has 0 amide bonds. The number of carbonyl (C=O) groups is 1. The second-order valence-corrected chi connectivity index (χ2v) is 9.79. The molecule has 5 rings (SSSR count). The van der Waals surface area contributed by atoms with Gasteiger partial charge in [-0.05, 0) is 23.8 Å². The number of benzene rings is 2. The van der Waals surface area contributed by atoms with Crippen LogP contribution in [0, 0.1) is 0 Å². The highest BCUT2D eigenvalue weighted by atomic mass is 31.2. The lowest BCUT2D eigenvalue weighted by Gasteiger charge is -2.20. The number of para-hydroxylation sites is 1. The number of aliphatic hydroxyl groups is 3. The average molecular weight is 486 g/mol. The van der Waals surface area contributed by atoms with Gasteiger partial charge in [-0.25, -0.2) is 14.8 Å². The smallest absolute Gasteiger partial charge is 0.403 e. The topological polar surface area (TPSA) is 175 Å². The van der Waals surface area contributed by atoms with E-state index in [4.69, 9.17) is 18.9 Å². The quantitative estimate of drug-likeness (QED) is 0.197. The number of rotatable bonds is 9. The second-order valence-electron chi connectivity index (χ2n) is 7.84. The Morgan fingerprint density at radius 2 is 1.88 bits per heavy atom. The lowest BCUT2D eigenvalue weighted by Crippen LogP contribution is -2.37. The van der Waals surface area contributed by atoms with Gasteiger partial charge in [0.05, 0.1) is 5.69 Å². The summed E-state index contributed by atoms with van der Waals surface area (Å²) in [5.41, 5.74) is -0.387. The molecule has 2 saturated heterocycles. The van der Waals surface area contributed by atoms with Crippen LogP contribution in [0.15, 0.2) is 60.8 Å². The molecule has 34 heavy (non-hydrogen) atoms. The van der Waals surface area contributed by atoms with Crippen LogP contribution in [0.3, 0.4) is 0 Å². The van der Waals surface area contributed by atoms with Crippen LogP contribution in [0.2, 0.25) is 0 Å². The third-order valence-corrected chi connectivity index (χ3v) is 7.39. The molecule has 0 bridgehead atoms. The Morgan fingerprint density at radius 1 is 1.15 bits per heavy atom. The minimum atomic E-state index is -3.39. The van der Waals surface area contributed by atoms with Crippen LogP contribution in [-0.2, 0) is 37.2 Å². The highest BCUT2D eigenvalue weighted by molar-refractivity contribution is 7.68. The number of aliphatic carboxylic acids is 1. The summed E-state index contributed by atoms with van der Waals surface area (Å²) in [5.74, 6) is -3.23. The van der Waals surface area contributed by atoms with Crippen LogP contribution in [0.4, 0.5) is 0 Å². The molecule has 0 spiro atoms. The fourth-order valence-corrected chi connectivity index (χ4v) is 5.29. The van der Waals surface area contributed by atoms with Crippen molar-refractivity contribution < 1.29 is 43.6 Å². The Morgan fingerprint density at radius 3 is 2.59 bits per heavy atom. The van der Waals surface area contributed by atoms with Crippen LogP contribution >= 0.6 is 7.60 Å². The molecule has 4 N–H and O–H groups in total. The van der Waals surface area contributed by atoms with E-state index in [9.17, 15) is 24.7 Å². The van der Waals surface area contributed by atoms with E-state index >= 15 is 0 Å². The van der Waals surface area contributed by atoms with Gasteiger partial charge in [0.25, 0.3) is 5.79 Å². The molecule has 2 aromatic carbocycles. The first kappa shape index (κ1) is 22.6. The summed E-state index contributed by atoms with van der Waals surface area (Å²) in [6.07, 6.45) is -0.151. The number of carboxylic acid groups (broad SMARTS) is 1. The molecule has 1 unspecified atom stereocenters. The van der Waals surface area contributed by atoms with Crippen LogP contribution in [0.1, 0.15) is 16.8 Å². The van der Waals surface area contributed by atoms with Crippen molar-refractivity contribution in [2.24, 2.45) is 0 Å². The van der Waals surface area contributed by atoms with Crippen LogP contribution in [-0.4, -0.2) is 48.0 Å². The fraction of sp³-hybridized carbons (Fsp3) is 0.227. The molecule has 2 aliphatic rings. The maximum absolute atomic E-state index is 11.8. The van der Waals surface area contributed by atoms with Crippen LogP contribution < -0.4 is 4.74 Å². The number of ether oxygens (including phenoxy) is 1. The van der Waals surface area contributed by atoms with Crippen molar-refractivity contribution in [2.75, 3.05) is 0 Å². The molecule has 0 radical (unpaired) electrons. The predicted molar refractivity (Wildman–Crippen MR) is 114 cm³/mol. The SMILES string of the molecule is O=C(O)C(O)Cc1ccccc1OCc1ccnc(-c2cccc(C(O)(O)C34OP3(=O)O4)c2)n1. The van der Waals surface area contributed by atoms with E-state index in [1.54, 1.807) is 42.5 Å². The molecule has 0 saturated carbocycles. The molecule has 0 aliphatic carbocycles. The lowest BCUT2D eigenvalue weighted by molar-refractivity contribution is -0.257. The summed E-state index contributed by atoms with van der Waals surface area (Å²) in [5, 5.41) is 39.5. The highest BCUT2D eigenvalue weighted by Crippen LogP contribution is 3.00. The zero-order valence-corrected chi connectivity index (χ0v) is 18.3. The third-order valence-electron chi connectivity index (χ3n) is 5.51. The van der Waals surface area contributed by atoms with Gasteiger partial charge in [0, 0.05) is 23.7 Å². The number of fused-ring (bicyclic) bond motifs is 1. The van der Waals surface area contributed by atoms with Crippen molar-refractivity contribution in [2.45, 2.75) is 30.4 Å². The van der Waals surface area contributed by atoms with Gasteiger partial charge < -0.3 is 25.2 Å². The standard InChI is InChI=1S/C22H19N2O9P/c25-17(20(26)27)11-13-4-1-2-7-18(13)31-12-16-8-9-23-19(24-16)14-5-3-6-15(10-14)21(28,29)22-32-34(22,30)33-22/h1-10,17,25,28-29H,11-12H2,(H,26,27). The number of hydrogen-bond donors (Lipinski definition) is 4. The first-order chi connectivity index (χ1) is 16.2. The Balaban J connectivity index is 1.33. The molecular weight excluding hydrogens is 467 g/mol. The molecule has 3 heterocycles. The number of aromatic nitrogens is 2. The van der Waals surface area contributed by atoms with E-state index < -0.39 is 31.0 Å². The Hall–Kier alpha value is -3.18. The summed E-state index contributed by atoms with van der Waals surface area (Å²) in [7, 11) is -3.39. The van der Waals surface area contributed by atoms with Crippen molar-refractivity contribution in [1.82, 2.24) is 9.97 Å². The minimum Gasteiger partial charge on any atom is -0.487 e. The number of nitrogens with zero attached hydrogens (tertiary/aromatic N) is 2. The first-order valence-electron chi connectivity index (χ1n) is 10.2. The van der Waals surface area contributed by atoms with E-state index in [0.29, 0.717) is 22.6 Å². The number of carboxylic acids is 1. The Kier molecular flexibility index (Phi) is 5.28. The van der Waals surface area contributed by atoms with Crippen LogP contribution in [0.25, 0.3) is 11.4 Å². The van der Waals surface area contributed by atoms with Crippen molar-refractivity contribution in [3.63, 3.8) is 0 Å². The molecule has 176 valence electrons. The van der Waals surface area contributed by atoms with Crippen molar-refractivity contribution in [3.05, 3.63) is 77.6 Å². The Bertz CT molecular complexity index is 1320. The summed E-state index contributed by atoms with van der Waals surface area (Å²) >= 11 is 0. The third kappa shape index (κ3) is 3.78. The highest BCUT2D eigenvalue weighted by Gasteiger charge is 2.99. The van der Waals surface area contributed by atoms with E-state index in [0.717, 1.165) is 0 Å². The summed E-state index contributed by atoms with van der Waals surface area (Å²) < 4.78 is 27.3. The monoisotopic (exact) mass is 486 g/mol. The van der Waals surface area contributed by atoms with Gasteiger partial charge in [0.15, 0.2) is 11.9 Å². The van der Waals surface area contributed by atoms with Gasteiger partial charge in [-0.1, -0.05) is 36.4 Å². The molecule has 2 aliphatic heterocycles. The normalized spacial score (nSPS) is 23.6. The van der Waals surface area contributed by atoms with Crippen molar-refractivity contribution in [1.29, 1.82) is 0 Å². The molecule has 2 fully saturated rings. The average Bonchev–Trinajstić information content (AvgIpc) is 3.64. The largest absolute Gasteiger partial charge is 0.487 e. The van der Waals surface area contributed by atoms with Gasteiger partial charge in [0.2, 0.25) is 0 Å². The molecule has 12 heteroatoms. The first-order valence-corrected chi connectivity index (χ1v) is 11.7. The molecule has 11 nitrogen and oxygen atoms in total. The van der Waals surface area contributed by atoms with Gasteiger partial charge in [-0.3, -0.25) is 13.6 Å². The van der Waals surface area contributed by atoms with Gasteiger partial charge in [0.1, 0.15) is 12.4 Å². The maximum atomic E-state index is 11.8. The summed E-state index contributed by atoms with van der Waals surface area (Å²) in [6, 6.07) is 14.5. The zero-order chi connectivity index (χ0) is 24.1. The van der Waals surface area contributed by atoms with Crippen molar-refractivity contribution >= 4 is 13.6 Å². The van der Waals surface area contributed by atoms with Gasteiger partial charge in [-0.15, -0.1) is 0 Å². The van der Waals surface area contributed by atoms with Crippen molar-refractivity contribution in [3.8, 4) is 17.1 Å². The minimum absolute atomic E-state index is 0.0105. The van der Waals surface area contributed by atoms with Crippen LogP contribution in [0.5, 0.6) is 5.75 Å². The molecule has 3 aromatic rings. The zero-order valence-electron chi connectivity index (χ0n) is 17.4. The van der Waals surface area contributed by atoms with Gasteiger partial charge >= 0.3 is 19.1 Å². The van der Waals surface area contributed by atoms with E-state index in [1.807, 2.05) is 0 Å². The summed E-state index contributed by atoms with van der Waals surface area (Å²) in [6.45, 7) is 0.0350.